The van der Waals surface area contributed by atoms with Crippen molar-refractivity contribution in [2.75, 3.05) is 5.32 Å². The van der Waals surface area contributed by atoms with Crippen LogP contribution in [0.1, 0.15) is 59.5 Å². The molecule has 1 aromatic heterocycles. The van der Waals surface area contributed by atoms with Crippen molar-refractivity contribution in [3.05, 3.63) is 93.8 Å². The molecular formula is C25H24N2O2. The van der Waals surface area contributed by atoms with E-state index < -0.39 is 0 Å². The van der Waals surface area contributed by atoms with Gasteiger partial charge in [-0.15, -0.1) is 0 Å². The molecule has 0 saturated heterocycles. The van der Waals surface area contributed by atoms with Crippen LogP contribution in [0.4, 0.5) is 5.88 Å². The molecule has 4 heteroatoms. The lowest BCUT2D eigenvalue weighted by Crippen LogP contribution is -2.29. The van der Waals surface area contributed by atoms with Gasteiger partial charge >= 0.3 is 0 Å². The summed E-state index contributed by atoms with van der Waals surface area (Å²) in [4.78, 5) is 13.4. The summed E-state index contributed by atoms with van der Waals surface area (Å²) in [6, 6.07) is 18.9. The van der Waals surface area contributed by atoms with Gasteiger partial charge in [0.25, 0.3) is 0 Å². The lowest BCUT2D eigenvalue weighted by atomic mass is 9.72. The number of rotatable bonds is 3. The van der Waals surface area contributed by atoms with E-state index in [1.54, 1.807) is 0 Å². The summed E-state index contributed by atoms with van der Waals surface area (Å²) in [7, 11) is 0. The number of nitrogens with zero attached hydrogens (tertiary/aromatic N) is 1. The number of aryl methyl sites for hydroxylation is 2. The molecule has 1 aliphatic heterocycles. The Kier molecular flexibility index (Phi) is 4.35. The fraction of sp³-hybridized carbons (Fsp3) is 0.280. The quantitative estimate of drug-likeness (QED) is 0.647. The van der Waals surface area contributed by atoms with Crippen molar-refractivity contribution in [1.82, 2.24) is 5.16 Å². The molecule has 0 spiro atoms. The van der Waals surface area contributed by atoms with E-state index in [1.165, 1.54) is 11.1 Å². The number of benzene rings is 2. The summed E-state index contributed by atoms with van der Waals surface area (Å²) in [5.41, 5.74) is 7.29. The second kappa shape index (κ2) is 7.03. The molecule has 2 heterocycles. The maximum Gasteiger partial charge on any atom is 0.233 e. The number of fused-ring (bicyclic) bond motifs is 1. The Labute approximate surface area is 170 Å². The predicted molar refractivity (Wildman–Crippen MR) is 113 cm³/mol. The van der Waals surface area contributed by atoms with Crippen molar-refractivity contribution in [1.29, 1.82) is 0 Å². The van der Waals surface area contributed by atoms with Crippen LogP contribution in [0, 0.1) is 6.92 Å². The van der Waals surface area contributed by atoms with Gasteiger partial charge < -0.3 is 9.84 Å². The number of carbonyl (C=O) groups excluding carboxylic acids is 1. The van der Waals surface area contributed by atoms with Gasteiger partial charge in [0, 0.05) is 23.6 Å². The number of allylic oxidation sites excluding steroid dienone is 2. The van der Waals surface area contributed by atoms with Crippen molar-refractivity contribution in [2.24, 2.45) is 0 Å². The van der Waals surface area contributed by atoms with Crippen molar-refractivity contribution < 1.29 is 9.32 Å². The zero-order valence-corrected chi connectivity index (χ0v) is 16.7. The molecule has 0 saturated carbocycles. The van der Waals surface area contributed by atoms with E-state index in [0.29, 0.717) is 12.3 Å². The maximum atomic E-state index is 13.4. The first-order valence-corrected chi connectivity index (χ1v) is 10.3. The summed E-state index contributed by atoms with van der Waals surface area (Å²) in [5.74, 6) is 0.946. The van der Waals surface area contributed by atoms with Crippen molar-refractivity contribution in [3.63, 3.8) is 0 Å². The zero-order chi connectivity index (χ0) is 20.0. The average Bonchev–Trinajstić information content (AvgIpc) is 3.13. The third-order valence-electron chi connectivity index (χ3n) is 6.25. The molecule has 3 aromatic rings. The smallest absolute Gasteiger partial charge is 0.233 e. The van der Waals surface area contributed by atoms with Crippen molar-refractivity contribution >= 4 is 11.7 Å². The maximum absolute atomic E-state index is 13.4. The third kappa shape index (κ3) is 3.00. The fourth-order valence-electron chi connectivity index (χ4n) is 4.71. The Morgan fingerprint density at radius 1 is 1.03 bits per heavy atom. The molecule has 5 rings (SSSR count). The molecule has 0 bridgehead atoms. The number of Topliss-reactive ketones (excluding diaryl/α,β-unsaturated/α-hetero) is 1. The number of anilines is 1. The minimum absolute atomic E-state index is 0.123. The molecule has 29 heavy (non-hydrogen) atoms. The van der Waals surface area contributed by atoms with Gasteiger partial charge in [0.15, 0.2) is 5.78 Å². The Hall–Kier alpha value is -3.14. The van der Waals surface area contributed by atoms with Crippen LogP contribution in [0.5, 0.6) is 0 Å². The number of carbonyl (C=O) groups is 1. The molecule has 0 amide bonds. The first kappa shape index (κ1) is 17.9. The van der Waals surface area contributed by atoms with Gasteiger partial charge in [-0.25, -0.2) is 0 Å². The third-order valence-corrected chi connectivity index (χ3v) is 6.25. The highest BCUT2D eigenvalue weighted by molar-refractivity contribution is 6.01. The normalized spacial score (nSPS) is 20.8. The van der Waals surface area contributed by atoms with E-state index in [4.69, 9.17) is 4.52 Å². The lowest BCUT2D eigenvalue weighted by molar-refractivity contribution is -0.116. The minimum Gasteiger partial charge on any atom is -0.338 e. The van der Waals surface area contributed by atoms with E-state index in [0.717, 1.165) is 40.9 Å². The van der Waals surface area contributed by atoms with Gasteiger partial charge in [-0.05, 0) is 42.4 Å². The van der Waals surface area contributed by atoms with Gasteiger partial charge in [0.1, 0.15) is 0 Å². The van der Waals surface area contributed by atoms with Crippen LogP contribution in [0.25, 0.3) is 0 Å². The first-order chi connectivity index (χ1) is 14.2. The van der Waals surface area contributed by atoms with E-state index in [2.05, 4.69) is 53.8 Å². The van der Waals surface area contributed by atoms with Crippen LogP contribution in [-0.4, -0.2) is 10.9 Å². The van der Waals surface area contributed by atoms with Crippen LogP contribution in [0.15, 0.2) is 70.4 Å². The van der Waals surface area contributed by atoms with Crippen molar-refractivity contribution in [3.8, 4) is 0 Å². The molecule has 1 aliphatic carbocycles. The number of nitrogens with one attached hydrogen (secondary N) is 1. The van der Waals surface area contributed by atoms with Crippen LogP contribution < -0.4 is 5.32 Å². The highest BCUT2D eigenvalue weighted by atomic mass is 16.5. The van der Waals surface area contributed by atoms with Crippen LogP contribution in [-0.2, 0) is 11.2 Å². The Balaban J connectivity index is 1.61. The highest BCUT2D eigenvalue weighted by Crippen LogP contribution is 2.48. The largest absolute Gasteiger partial charge is 0.338 e. The second-order valence-corrected chi connectivity index (χ2v) is 8.00. The molecule has 0 radical (unpaired) electrons. The predicted octanol–water partition coefficient (Wildman–Crippen LogP) is 5.50. The van der Waals surface area contributed by atoms with Crippen LogP contribution in [0.3, 0.4) is 0 Å². The Bertz CT molecular complexity index is 1090. The minimum atomic E-state index is -0.123. The molecule has 2 aliphatic rings. The molecule has 1 N–H and O–H groups in total. The lowest BCUT2D eigenvalue weighted by Gasteiger charge is -2.34. The van der Waals surface area contributed by atoms with E-state index >= 15 is 0 Å². The molecule has 0 fully saturated rings. The number of hydrogen-bond donors (Lipinski definition) is 1. The molecule has 146 valence electrons. The number of ketones is 1. The first-order valence-electron chi connectivity index (χ1n) is 10.3. The summed E-state index contributed by atoms with van der Waals surface area (Å²) >= 11 is 0. The van der Waals surface area contributed by atoms with E-state index in [9.17, 15) is 4.79 Å². The molecular weight excluding hydrogens is 360 g/mol. The average molecular weight is 384 g/mol. The highest BCUT2D eigenvalue weighted by Gasteiger charge is 2.41. The monoisotopic (exact) mass is 384 g/mol. The van der Waals surface area contributed by atoms with Crippen LogP contribution >= 0.6 is 0 Å². The van der Waals surface area contributed by atoms with E-state index in [1.807, 2.05) is 25.1 Å². The summed E-state index contributed by atoms with van der Waals surface area (Å²) < 4.78 is 5.60. The van der Waals surface area contributed by atoms with E-state index in [-0.39, 0.29) is 17.6 Å². The van der Waals surface area contributed by atoms with Gasteiger partial charge in [-0.1, -0.05) is 66.7 Å². The van der Waals surface area contributed by atoms with Gasteiger partial charge in [0.2, 0.25) is 5.88 Å². The standard InChI is InChI=1S/C25H24N2O2/c1-3-16-9-11-18(12-10-16)23-22-15(2)27-29-25(22)26-20-13-19(14-21(28)24(20)23)17-7-5-4-6-8-17/h4-12,19,23,26H,3,13-14H2,1-2H3/t19-,23+/m0/s1. The van der Waals surface area contributed by atoms with Crippen molar-refractivity contribution in [2.45, 2.75) is 44.9 Å². The summed E-state index contributed by atoms with van der Waals surface area (Å²) in [6.45, 7) is 4.10. The van der Waals surface area contributed by atoms with Crippen LogP contribution in [0.2, 0.25) is 0 Å². The fourth-order valence-corrected chi connectivity index (χ4v) is 4.71. The topological polar surface area (TPSA) is 55.1 Å². The summed E-state index contributed by atoms with van der Waals surface area (Å²) in [6.07, 6.45) is 2.33. The molecule has 2 atom stereocenters. The molecule has 0 unspecified atom stereocenters. The second-order valence-electron chi connectivity index (χ2n) is 8.00. The zero-order valence-electron chi connectivity index (χ0n) is 16.7. The SMILES string of the molecule is CCc1ccc([C@H]2C3=C(C[C@H](c4ccccc4)CC3=O)Nc3onc(C)c32)cc1. The van der Waals surface area contributed by atoms with Gasteiger partial charge in [-0.3, -0.25) is 4.79 Å². The summed E-state index contributed by atoms with van der Waals surface area (Å²) in [5, 5.41) is 7.59. The number of hydrogen-bond acceptors (Lipinski definition) is 4. The Morgan fingerprint density at radius 3 is 2.52 bits per heavy atom. The Morgan fingerprint density at radius 2 is 1.79 bits per heavy atom. The number of aromatic nitrogens is 1. The molecule has 4 nitrogen and oxygen atoms in total. The van der Waals surface area contributed by atoms with Gasteiger partial charge in [0.05, 0.1) is 11.3 Å². The molecule has 2 aromatic carbocycles. The van der Waals surface area contributed by atoms with Gasteiger partial charge in [-0.2, -0.15) is 0 Å².